The highest BCUT2D eigenvalue weighted by Crippen LogP contribution is 2.33. The molecule has 4 rings (SSSR count). The van der Waals surface area contributed by atoms with Crippen molar-refractivity contribution in [3.8, 4) is 11.5 Å². The van der Waals surface area contributed by atoms with Crippen LogP contribution in [0.4, 0.5) is 5.82 Å². The number of nitrogens with zero attached hydrogens (tertiary/aromatic N) is 6. The summed E-state index contributed by atoms with van der Waals surface area (Å²) < 4.78 is 0. The SMILES string of the molecule is Cc1cc(N2CCCCC2c2ncccn2)nc(-c2ccccn2)n1. The Labute approximate surface area is 147 Å². The Kier molecular flexibility index (Phi) is 4.33. The van der Waals surface area contributed by atoms with Gasteiger partial charge >= 0.3 is 0 Å². The third-order valence-electron chi connectivity index (χ3n) is 4.42. The van der Waals surface area contributed by atoms with Crippen LogP contribution in [0.1, 0.15) is 36.8 Å². The summed E-state index contributed by atoms with van der Waals surface area (Å²) >= 11 is 0. The second-order valence-corrected chi connectivity index (χ2v) is 6.22. The van der Waals surface area contributed by atoms with Crippen LogP contribution in [0.5, 0.6) is 0 Å². The fourth-order valence-electron chi connectivity index (χ4n) is 3.27. The summed E-state index contributed by atoms with van der Waals surface area (Å²) in [5.74, 6) is 2.44. The van der Waals surface area contributed by atoms with Crippen molar-refractivity contribution in [2.24, 2.45) is 0 Å². The average Bonchev–Trinajstić information content (AvgIpc) is 2.69. The van der Waals surface area contributed by atoms with E-state index in [-0.39, 0.29) is 6.04 Å². The fourth-order valence-corrected chi connectivity index (χ4v) is 3.27. The molecule has 0 amide bonds. The van der Waals surface area contributed by atoms with E-state index in [1.54, 1.807) is 18.6 Å². The van der Waals surface area contributed by atoms with Crippen molar-refractivity contribution in [1.29, 1.82) is 0 Å². The van der Waals surface area contributed by atoms with Gasteiger partial charge < -0.3 is 4.90 Å². The van der Waals surface area contributed by atoms with Crippen molar-refractivity contribution >= 4 is 5.82 Å². The predicted octanol–water partition coefficient (Wildman–Crippen LogP) is 3.37. The molecule has 1 aliphatic heterocycles. The number of rotatable bonds is 3. The Balaban J connectivity index is 1.73. The highest BCUT2D eigenvalue weighted by molar-refractivity contribution is 5.54. The highest BCUT2D eigenvalue weighted by atomic mass is 15.2. The van der Waals surface area contributed by atoms with Crippen LogP contribution in [-0.2, 0) is 0 Å². The van der Waals surface area contributed by atoms with Gasteiger partial charge in [0, 0.05) is 36.9 Å². The number of aromatic nitrogens is 5. The van der Waals surface area contributed by atoms with Gasteiger partial charge in [0.1, 0.15) is 11.5 Å². The third kappa shape index (κ3) is 3.33. The Hall–Kier alpha value is -2.89. The number of piperidine rings is 1. The molecule has 6 heteroatoms. The van der Waals surface area contributed by atoms with Crippen LogP contribution in [0.3, 0.4) is 0 Å². The average molecular weight is 332 g/mol. The molecule has 1 saturated heterocycles. The van der Waals surface area contributed by atoms with Crippen molar-refractivity contribution in [3.05, 3.63) is 60.4 Å². The fraction of sp³-hybridized carbons (Fsp3) is 0.316. The second-order valence-electron chi connectivity index (χ2n) is 6.22. The lowest BCUT2D eigenvalue weighted by Crippen LogP contribution is -2.35. The number of pyridine rings is 1. The van der Waals surface area contributed by atoms with Gasteiger partial charge in [-0.3, -0.25) is 4.98 Å². The molecule has 1 fully saturated rings. The topological polar surface area (TPSA) is 67.7 Å². The standard InChI is InChI=1S/C19H20N6/c1-14-13-17(24-18(23-14)15-7-2-4-9-20-15)25-12-5-3-8-16(25)19-21-10-6-11-22-19/h2,4,6-7,9-11,13,16H,3,5,8,12H2,1H3. The third-order valence-corrected chi connectivity index (χ3v) is 4.42. The predicted molar refractivity (Wildman–Crippen MR) is 96.0 cm³/mol. The van der Waals surface area contributed by atoms with Crippen LogP contribution in [-0.4, -0.2) is 31.5 Å². The maximum Gasteiger partial charge on any atom is 0.180 e. The molecule has 1 atom stereocenters. The monoisotopic (exact) mass is 332 g/mol. The lowest BCUT2D eigenvalue weighted by atomic mass is 10.0. The molecule has 0 aliphatic carbocycles. The van der Waals surface area contributed by atoms with Gasteiger partial charge in [-0.2, -0.15) is 0 Å². The lowest BCUT2D eigenvalue weighted by molar-refractivity contribution is 0.452. The number of hydrogen-bond acceptors (Lipinski definition) is 6. The smallest absolute Gasteiger partial charge is 0.180 e. The maximum atomic E-state index is 4.80. The quantitative estimate of drug-likeness (QED) is 0.732. The molecule has 25 heavy (non-hydrogen) atoms. The maximum absolute atomic E-state index is 4.80. The van der Waals surface area contributed by atoms with E-state index in [0.29, 0.717) is 5.82 Å². The van der Waals surface area contributed by atoms with Crippen molar-refractivity contribution in [3.63, 3.8) is 0 Å². The molecule has 3 aromatic rings. The molecular weight excluding hydrogens is 312 g/mol. The van der Waals surface area contributed by atoms with E-state index in [1.807, 2.05) is 37.3 Å². The molecular formula is C19H20N6. The van der Waals surface area contributed by atoms with Gasteiger partial charge in [-0.05, 0) is 44.4 Å². The van der Waals surface area contributed by atoms with E-state index in [4.69, 9.17) is 4.98 Å². The molecule has 6 nitrogen and oxygen atoms in total. The molecule has 0 N–H and O–H groups in total. The van der Waals surface area contributed by atoms with Crippen molar-refractivity contribution < 1.29 is 0 Å². The zero-order chi connectivity index (χ0) is 17.1. The minimum Gasteiger partial charge on any atom is -0.346 e. The Morgan fingerprint density at radius 1 is 0.960 bits per heavy atom. The van der Waals surface area contributed by atoms with Crippen LogP contribution < -0.4 is 4.90 Å². The summed E-state index contributed by atoms with van der Waals surface area (Å²) in [4.78, 5) is 25.0. The summed E-state index contributed by atoms with van der Waals surface area (Å²) in [5, 5.41) is 0. The Morgan fingerprint density at radius 3 is 2.60 bits per heavy atom. The lowest BCUT2D eigenvalue weighted by Gasteiger charge is -2.35. The first kappa shape index (κ1) is 15.6. The molecule has 0 spiro atoms. The van der Waals surface area contributed by atoms with E-state index in [1.165, 1.54) is 6.42 Å². The van der Waals surface area contributed by atoms with Gasteiger partial charge in [-0.1, -0.05) is 6.07 Å². The normalized spacial score (nSPS) is 17.5. The van der Waals surface area contributed by atoms with E-state index >= 15 is 0 Å². The van der Waals surface area contributed by atoms with Gasteiger partial charge in [-0.15, -0.1) is 0 Å². The molecule has 0 aromatic carbocycles. The second kappa shape index (κ2) is 6.93. The molecule has 0 bridgehead atoms. The highest BCUT2D eigenvalue weighted by Gasteiger charge is 2.27. The summed E-state index contributed by atoms with van der Waals surface area (Å²) in [6, 6.07) is 9.83. The Morgan fingerprint density at radius 2 is 1.80 bits per heavy atom. The molecule has 1 unspecified atom stereocenters. The first-order valence-corrected chi connectivity index (χ1v) is 8.62. The first-order valence-electron chi connectivity index (χ1n) is 8.62. The molecule has 3 aromatic heterocycles. The zero-order valence-corrected chi connectivity index (χ0v) is 14.2. The summed E-state index contributed by atoms with van der Waals surface area (Å²) in [5.41, 5.74) is 1.72. The molecule has 126 valence electrons. The van der Waals surface area contributed by atoms with Gasteiger partial charge in [0.25, 0.3) is 0 Å². The minimum atomic E-state index is 0.154. The van der Waals surface area contributed by atoms with Crippen molar-refractivity contribution in [2.75, 3.05) is 11.4 Å². The molecule has 0 saturated carbocycles. The number of hydrogen-bond donors (Lipinski definition) is 0. The molecule has 0 radical (unpaired) electrons. The largest absolute Gasteiger partial charge is 0.346 e. The summed E-state index contributed by atoms with van der Waals surface area (Å²) in [6.45, 7) is 2.94. The van der Waals surface area contributed by atoms with Crippen LogP contribution in [0.2, 0.25) is 0 Å². The molecule has 1 aliphatic rings. The van der Waals surface area contributed by atoms with E-state index in [2.05, 4.69) is 24.8 Å². The van der Waals surface area contributed by atoms with E-state index in [9.17, 15) is 0 Å². The van der Waals surface area contributed by atoms with Crippen LogP contribution in [0, 0.1) is 6.92 Å². The van der Waals surface area contributed by atoms with Gasteiger partial charge in [0.2, 0.25) is 0 Å². The van der Waals surface area contributed by atoms with Crippen molar-refractivity contribution in [1.82, 2.24) is 24.9 Å². The van der Waals surface area contributed by atoms with Gasteiger partial charge in [0.05, 0.1) is 6.04 Å². The first-order chi connectivity index (χ1) is 12.3. The van der Waals surface area contributed by atoms with Crippen LogP contribution in [0.25, 0.3) is 11.5 Å². The van der Waals surface area contributed by atoms with Crippen LogP contribution >= 0.6 is 0 Å². The Bertz CT molecular complexity index is 837. The zero-order valence-electron chi connectivity index (χ0n) is 14.2. The van der Waals surface area contributed by atoms with Gasteiger partial charge in [-0.25, -0.2) is 19.9 Å². The number of anilines is 1. The van der Waals surface area contributed by atoms with Crippen molar-refractivity contribution in [2.45, 2.75) is 32.2 Å². The van der Waals surface area contributed by atoms with Crippen LogP contribution in [0.15, 0.2) is 48.9 Å². The number of aryl methyl sites for hydroxylation is 1. The summed E-state index contributed by atoms with van der Waals surface area (Å²) in [7, 11) is 0. The minimum absolute atomic E-state index is 0.154. The van der Waals surface area contributed by atoms with Gasteiger partial charge in [0.15, 0.2) is 11.6 Å². The molecule has 4 heterocycles. The summed E-state index contributed by atoms with van der Waals surface area (Å²) in [6.07, 6.45) is 8.73. The van der Waals surface area contributed by atoms with E-state index in [0.717, 1.165) is 42.4 Å². The van der Waals surface area contributed by atoms with E-state index < -0.39 is 0 Å².